The summed E-state index contributed by atoms with van der Waals surface area (Å²) in [5.41, 5.74) is 7.26. The van der Waals surface area contributed by atoms with Gasteiger partial charge in [-0.15, -0.1) is 0 Å². The molecule has 6 heteroatoms. The molecule has 0 amide bonds. The third-order valence-corrected chi connectivity index (χ3v) is 2.85. The molecule has 6 nitrogen and oxygen atoms in total. The van der Waals surface area contributed by atoms with Crippen LogP contribution in [0.2, 0.25) is 0 Å². The molecule has 0 aliphatic heterocycles. The van der Waals surface area contributed by atoms with Crippen LogP contribution < -0.4 is 19.9 Å². The Kier molecular flexibility index (Phi) is 4.81. The summed E-state index contributed by atoms with van der Waals surface area (Å²) in [4.78, 5) is 8.17. The van der Waals surface area contributed by atoms with Crippen molar-refractivity contribution in [3.63, 3.8) is 0 Å². The van der Waals surface area contributed by atoms with Gasteiger partial charge in [0.2, 0.25) is 0 Å². The van der Waals surface area contributed by atoms with Crippen LogP contribution in [0.4, 0.5) is 5.82 Å². The van der Waals surface area contributed by atoms with Crippen LogP contribution in [0.15, 0.2) is 24.5 Å². The summed E-state index contributed by atoms with van der Waals surface area (Å²) in [5.74, 6) is 2.11. The Morgan fingerprint density at radius 2 is 1.76 bits per heavy atom. The first-order chi connectivity index (χ1) is 10.2. The number of nitrogen functional groups attached to an aromatic ring is 1. The average molecular weight is 289 g/mol. The maximum absolute atomic E-state index is 5.81. The highest BCUT2D eigenvalue weighted by Gasteiger charge is 2.14. The van der Waals surface area contributed by atoms with Crippen LogP contribution in [0.1, 0.15) is 13.8 Å². The van der Waals surface area contributed by atoms with Gasteiger partial charge in [0.05, 0.1) is 20.3 Å². The lowest BCUT2D eigenvalue weighted by Crippen LogP contribution is -2.01. The van der Waals surface area contributed by atoms with Crippen LogP contribution in [0, 0.1) is 0 Å². The van der Waals surface area contributed by atoms with Crippen molar-refractivity contribution in [3.8, 4) is 28.5 Å². The molecule has 0 aliphatic carbocycles. The Labute approximate surface area is 123 Å². The maximum atomic E-state index is 5.81. The minimum Gasteiger partial charge on any atom is -0.491 e. The van der Waals surface area contributed by atoms with Crippen molar-refractivity contribution < 1.29 is 14.2 Å². The number of methoxy groups -OCH3 is 1. The van der Waals surface area contributed by atoms with Crippen LogP contribution in [-0.4, -0.2) is 30.3 Å². The number of benzene rings is 1. The van der Waals surface area contributed by atoms with E-state index in [2.05, 4.69) is 9.97 Å². The first-order valence-corrected chi connectivity index (χ1v) is 6.75. The molecule has 0 bridgehead atoms. The number of aromatic nitrogens is 2. The summed E-state index contributed by atoms with van der Waals surface area (Å²) in [6.45, 7) is 4.97. The number of anilines is 1. The molecule has 0 spiro atoms. The Hall–Kier alpha value is -2.50. The van der Waals surface area contributed by atoms with Crippen molar-refractivity contribution in [1.82, 2.24) is 9.97 Å². The topological polar surface area (TPSA) is 79.5 Å². The molecule has 0 radical (unpaired) electrons. The van der Waals surface area contributed by atoms with E-state index in [-0.39, 0.29) is 0 Å². The van der Waals surface area contributed by atoms with Crippen molar-refractivity contribution in [2.24, 2.45) is 0 Å². The van der Waals surface area contributed by atoms with Crippen molar-refractivity contribution in [1.29, 1.82) is 0 Å². The van der Waals surface area contributed by atoms with Gasteiger partial charge in [-0.2, -0.15) is 0 Å². The van der Waals surface area contributed by atoms with Crippen LogP contribution in [0.5, 0.6) is 17.2 Å². The summed E-state index contributed by atoms with van der Waals surface area (Å²) < 4.78 is 16.4. The molecule has 2 rings (SSSR count). The van der Waals surface area contributed by atoms with E-state index in [1.165, 1.54) is 13.4 Å². The fourth-order valence-electron chi connectivity index (χ4n) is 1.99. The van der Waals surface area contributed by atoms with E-state index in [0.717, 1.165) is 5.56 Å². The number of ether oxygens (including phenoxy) is 3. The van der Waals surface area contributed by atoms with Gasteiger partial charge in [-0.3, -0.25) is 0 Å². The zero-order chi connectivity index (χ0) is 15.2. The summed E-state index contributed by atoms with van der Waals surface area (Å²) in [6.07, 6.45) is 1.41. The number of hydrogen-bond donors (Lipinski definition) is 1. The van der Waals surface area contributed by atoms with Crippen LogP contribution >= 0.6 is 0 Å². The molecule has 1 heterocycles. The smallest absolute Gasteiger partial charge is 0.187 e. The SMILES string of the molecule is CCOc1ccc(-c2ncnc(N)c2OC)cc1OCC. The Morgan fingerprint density at radius 3 is 2.43 bits per heavy atom. The highest BCUT2D eigenvalue weighted by Crippen LogP contribution is 2.36. The summed E-state index contributed by atoms with van der Waals surface area (Å²) >= 11 is 0. The van der Waals surface area contributed by atoms with Crippen LogP contribution in [0.3, 0.4) is 0 Å². The van der Waals surface area contributed by atoms with Gasteiger partial charge in [0.1, 0.15) is 12.0 Å². The first kappa shape index (κ1) is 14.9. The first-order valence-electron chi connectivity index (χ1n) is 6.75. The van der Waals surface area contributed by atoms with Gasteiger partial charge in [0.25, 0.3) is 0 Å². The molecule has 1 aromatic heterocycles. The second kappa shape index (κ2) is 6.78. The number of hydrogen-bond acceptors (Lipinski definition) is 6. The molecule has 112 valence electrons. The van der Waals surface area contributed by atoms with Gasteiger partial charge in [0, 0.05) is 5.56 Å². The van der Waals surface area contributed by atoms with E-state index >= 15 is 0 Å². The lowest BCUT2D eigenvalue weighted by molar-refractivity contribution is 0.288. The average Bonchev–Trinajstić information content (AvgIpc) is 2.49. The molecule has 0 unspecified atom stereocenters. The molecule has 2 N–H and O–H groups in total. The lowest BCUT2D eigenvalue weighted by Gasteiger charge is -2.13. The second-order valence-corrected chi connectivity index (χ2v) is 4.17. The molecule has 21 heavy (non-hydrogen) atoms. The summed E-state index contributed by atoms with van der Waals surface area (Å²) in [6, 6.07) is 5.60. The van der Waals surface area contributed by atoms with Gasteiger partial charge in [-0.05, 0) is 32.0 Å². The summed E-state index contributed by atoms with van der Waals surface area (Å²) in [5, 5.41) is 0. The van der Waals surface area contributed by atoms with Gasteiger partial charge in [-0.1, -0.05) is 0 Å². The largest absolute Gasteiger partial charge is 0.491 e. The summed E-state index contributed by atoms with van der Waals surface area (Å²) in [7, 11) is 1.54. The monoisotopic (exact) mass is 289 g/mol. The molecule has 0 fully saturated rings. The van der Waals surface area contributed by atoms with Gasteiger partial charge in [0.15, 0.2) is 23.1 Å². The van der Waals surface area contributed by atoms with Crippen molar-refractivity contribution in [3.05, 3.63) is 24.5 Å². The molecule has 0 saturated carbocycles. The molecule has 0 atom stereocenters. The van der Waals surface area contributed by atoms with E-state index < -0.39 is 0 Å². The Balaban J connectivity index is 2.50. The predicted octanol–water partition coefficient (Wildman–Crippen LogP) is 2.53. The Morgan fingerprint density at radius 1 is 1.05 bits per heavy atom. The lowest BCUT2D eigenvalue weighted by atomic mass is 10.1. The zero-order valence-corrected chi connectivity index (χ0v) is 12.4. The van der Waals surface area contributed by atoms with Gasteiger partial charge in [-0.25, -0.2) is 9.97 Å². The van der Waals surface area contributed by atoms with E-state index in [1.807, 2.05) is 32.0 Å². The number of rotatable bonds is 6. The minimum atomic E-state index is 0.300. The second-order valence-electron chi connectivity index (χ2n) is 4.17. The van der Waals surface area contributed by atoms with Gasteiger partial charge < -0.3 is 19.9 Å². The third-order valence-electron chi connectivity index (χ3n) is 2.85. The minimum absolute atomic E-state index is 0.300. The maximum Gasteiger partial charge on any atom is 0.187 e. The van der Waals surface area contributed by atoms with Crippen molar-refractivity contribution in [2.75, 3.05) is 26.1 Å². The van der Waals surface area contributed by atoms with E-state index in [4.69, 9.17) is 19.9 Å². The van der Waals surface area contributed by atoms with Crippen molar-refractivity contribution in [2.45, 2.75) is 13.8 Å². The normalized spacial score (nSPS) is 10.2. The highest BCUT2D eigenvalue weighted by atomic mass is 16.5. The predicted molar refractivity (Wildman–Crippen MR) is 80.8 cm³/mol. The van der Waals surface area contributed by atoms with Crippen LogP contribution in [-0.2, 0) is 0 Å². The Bertz CT molecular complexity index is 617. The molecule has 0 saturated heterocycles. The number of nitrogens with two attached hydrogens (primary N) is 1. The van der Waals surface area contributed by atoms with Gasteiger partial charge >= 0.3 is 0 Å². The molecular formula is C15H19N3O3. The number of nitrogens with zero attached hydrogens (tertiary/aromatic N) is 2. The fourth-order valence-corrected chi connectivity index (χ4v) is 1.99. The molecule has 0 aliphatic rings. The van der Waals surface area contributed by atoms with E-state index in [1.54, 1.807) is 0 Å². The van der Waals surface area contributed by atoms with E-state index in [0.29, 0.717) is 42.0 Å². The molecular weight excluding hydrogens is 270 g/mol. The van der Waals surface area contributed by atoms with Crippen molar-refractivity contribution >= 4 is 5.82 Å². The highest BCUT2D eigenvalue weighted by molar-refractivity contribution is 5.73. The molecule has 1 aromatic carbocycles. The molecule has 2 aromatic rings. The zero-order valence-electron chi connectivity index (χ0n) is 12.4. The quantitative estimate of drug-likeness (QED) is 0.880. The standard InChI is InChI=1S/C15H19N3O3/c1-4-20-11-7-6-10(8-12(11)21-5-2)13-14(19-3)15(16)18-9-17-13/h6-9H,4-5H2,1-3H3,(H2,16,17,18). The fraction of sp³-hybridized carbons (Fsp3) is 0.333. The third kappa shape index (κ3) is 3.16. The van der Waals surface area contributed by atoms with Crippen LogP contribution in [0.25, 0.3) is 11.3 Å². The van der Waals surface area contributed by atoms with E-state index in [9.17, 15) is 0 Å².